The molecular formula is C21H14FNO. The average Bonchev–Trinajstić information content (AvgIpc) is 2.89. The lowest BCUT2D eigenvalue weighted by Gasteiger charge is -2.19. The van der Waals surface area contributed by atoms with Crippen molar-refractivity contribution in [3.63, 3.8) is 0 Å². The third kappa shape index (κ3) is 2.31. The Bertz CT molecular complexity index is 947. The van der Waals surface area contributed by atoms with Crippen molar-refractivity contribution in [2.75, 3.05) is 4.90 Å². The molecule has 0 saturated carbocycles. The van der Waals surface area contributed by atoms with E-state index < -0.39 is 5.82 Å². The van der Waals surface area contributed by atoms with Gasteiger partial charge >= 0.3 is 0 Å². The van der Waals surface area contributed by atoms with Gasteiger partial charge in [0.15, 0.2) is 0 Å². The Kier molecular flexibility index (Phi) is 3.47. The summed E-state index contributed by atoms with van der Waals surface area (Å²) in [6, 6.07) is 23.4. The molecule has 0 radical (unpaired) electrons. The predicted molar refractivity (Wildman–Crippen MR) is 94.0 cm³/mol. The molecule has 0 fully saturated rings. The van der Waals surface area contributed by atoms with Gasteiger partial charge in [0.2, 0.25) is 0 Å². The lowest BCUT2D eigenvalue weighted by Crippen LogP contribution is -2.23. The number of carbonyl (C=O) groups is 1. The van der Waals surface area contributed by atoms with Crippen LogP contribution in [0.15, 0.2) is 78.9 Å². The molecule has 116 valence electrons. The Hall–Kier alpha value is -3.20. The Morgan fingerprint density at radius 1 is 0.750 bits per heavy atom. The fraction of sp³-hybridized carbons (Fsp3) is 0. The summed E-state index contributed by atoms with van der Waals surface area (Å²) < 4.78 is 14.3. The lowest BCUT2D eigenvalue weighted by atomic mass is 10.1. The van der Waals surface area contributed by atoms with Crippen molar-refractivity contribution in [2.45, 2.75) is 0 Å². The zero-order valence-corrected chi connectivity index (χ0v) is 12.8. The molecule has 3 aromatic carbocycles. The molecule has 1 aliphatic heterocycles. The first-order valence-corrected chi connectivity index (χ1v) is 7.71. The Balaban J connectivity index is 1.94. The summed E-state index contributed by atoms with van der Waals surface area (Å²) in [7, 11) is 0. The molecule has 0 bridgehead atoms. The number of hydrogen-bond acceptors (Lipinski definition) is 1. The monoisotopic (exact) mass is 315 g/mol. The van der Waals surface area contributed by atoms with Crippen LogP contribution in [-0.4, -0.2) is 5.91 Å². The van der Waals surface area contributed by atoms with Crippen LogP contribution in [0, 0.1) is 5.82 Å². The van der Waals surface area contributed by atoms with Crippen LogP contribution < -0.4 is 4.90 Å². The topological polar surface area (TPSA) is 20.3 Å². The molecular weight excluding hydrogens is 301 g/mol. The van der Waals surface area contributed by atoms with Crippen LogP contribution in [0.2, 0.25) is 0 Å². The number of benzene rings is 3. The number of amides is 1. The minimum atomic E-state index is -0.419. The van der Waals surface area contributed by atoms with Gasteiger partial charge in [-0.05, 0) is 29.8 Å². The second-order valence-electron chi connectivity index (χ2n) is 5.58. The van der Waals surface area contributed by atoms with Crippen LogP contribution in [0.5, 0.6) is 0 Å². The first kappa shape index (κ1) is 14.4. The quantitative estimate of drug-likeness (QED) is 0.653. The van der Waals surface area contributed by atoms with Gasteiger partial charge in [-0.15, -0.1) is 0 Å². The summed E-state index contributed by atoms with van der Waals surface area (Å²) in [5.74, 6) is -0.629. The molecule has 0 unspecified atom stereocenters. The third-order valence-electron chi connectivity index (χ3n) is 4.07. The van der Waals surface area contributed by atoms with Crippen LogP contribution in [0.3, 0.4) is 0 Å². The highest BCUT2D eigenvalue weighted by Gasteiger charge is 2.34. The van der Waals surface area contributed by atoms with Crippen molar-refractivity contribution in [3.05, 3.63) is 101 Å². The average molecular weight is 315 g/mol. The SMILES string of the molecule is O=C1c2ccccc2C(=Cc2ccccc2)N1c1ccccc1F. The van der Waals surface area contributed by atoms with Gasteiger partial charge in [-0.1, -0.05) is 60.7 Å². The minimum absolute atomic E-state index is 0.210. The summed E-state index contributed by atoms with van der Waals surface area (Å²) in [6.45, 7) is 0. The number of hydrogen-bond donors (Lipinski definition) is 0. The first-order chi connectivity index (χ1) is 11.8. The second-order valence-corrected chi connectivity index (χ2v) is 5.58. The van der Waals surface area contributed by atoms with Gasteiger partial charge in [0.05, 0.1) is 11.4 Å². The van der Waals surface area contributed by atoms with Gasteiger partial charge in [0.1, 0.15) is 5.82 Å². The minimum Gasteiger partial charge on any atom is -0.273 e. The maximum Gasteiger partial charge on any atom is 0.263 e. The number of rotatable bonds is 2. The van der Waals surface area contributed by atoms with E-state index in [4.69, 9.17) is 0 Å². The van der Waals surface area contributed by atoms with E-state index >= 15 is 0 Å². The molecule has 1 aliphatic rings. The van der Waals surface area contributed by atoms with Crippen LogP contribution in [0.1, 0.15) is 21.5 Å². The molecule has 0 saturated heterocycles. The van der Waals surface area contributed by atoms with Crippen molar-refractivity contribution in [2.24, 2.45) is 0 Å². The second kappa shape index (κ2) is 5.78. The molecule has 0 spiro atoms. The molecule has 2 nitrogen and oxygen atoms in total. The molecule has 0 atom stereocenters. The first-order valence-electron chi connectivity index (χ1n) is 7.71. The number of fused-ring (bicyclic) bond motifs is 1. The highest BCUT2D eigenvalue weighted by atomic mass is 19.1. The van der Waals surface area contributed by atoms with Crippen molar-refractivity contribution in [1.82, 2.24) is 0 Å². The van der Waals surface area contributed by atoms with E-state index in [1.807, 2.05) is 54.6 Å². The number of halogens is 1. The van der Waals surface area contributed by atoms with Crippen molar-refractivity contribution >= 4 is 23.4 Å². The zero-order valence-electron chi connectivity index (χ0n) is 12.8. The Morgan fingerprint density at radius 3 is 2.12 bits per heavy atom. The molecule has 3 aromatic rings. The highest BCUT2D eigenvalue weighted by molar-refractivity contribution is 6.24. The van der Waals surface area contributed by atoms with Crippen LogP contribution in [0.25, 0.3) is 11.8 Å². The van der Waals surface area contributed by atoms with E-state index in [2.05, 4.69) is 0 Å². The van der Waals surface area contributed by atoms with Crippen LogP contribution in [0.4, 0.5) is 10.1 Å². The normalized spacial score (nSPS) is 15.0. The third-order valence-corrected chi connectivity index (χ3v) is 4.07. The molecule has 24 heavy (non-hydrogen) atoms. The summed E-state index contributed by atoms with van der Waals surface area (Å²) >= 11 is 0. The van der Waals surface area contributed by atoms with E-state index in [1.165, 1.54) is 11.0 Å². The largest absolute Gasteiger partial charge is 0.273 e. The molecule has 4 rings (SSSR count). The number of para-hydroxylation sites is 1. The van der Waals surface area contributed by atoms with E-state index in [1.54, 1.807) is 24.3 Å². The van der Waals surface area contributed by atoms with Gasteiger partial charge < -0.3 is 0 Å². The summed E-state index contributed by atoms with van der Waals surface area (Å²) in [4.78, 5) is 14.3. The van der Waals surface area contributed by atoms with Gasteiger partial charge in [-0.3, -0.25) is 9.69 Å². The van der Waals surface area contributed by atoms with Gasteiger partial charge in [-0.25, -0.2) is 4.39 Å². The number of nitrogens with zero attached hydrogens (tertiary/aromatic N) is 1. The maximum atomic E-state index is 14.3. The van der Waals surface area contributed by atoms with Gasteiger partial charge in [-0.2, -0.15) is 0 Å². The van der Waals surface area contributed by atoms with Gasteiger partial charge in [0.25, 0.3) is 5.91 Å². The maximum absolute atomic E-state index is 14.3. The van der Waals surface area contributed by atoms with Crippen molar-refractivity contribution in [1.29, 1.82) is 0 Å². The van der Waals surface area contributed by atoms with Gasteiger partial charge in [0, 0.05) is 11.1 Å². The lowest BCUT2D eigenvalue weighted by molar-refractivity contribution is 0.101. The molecule has 0 N–H and O–H groups in total. The highest BCUT2D eigenvalue weighted by Crippen LogP contribution is 2.38. The van der Waals surface area contributed by atoms with E-state index in [0.717, 1.165) is 11.1 Å². The van der Waals surface area contributed by atoms with E-state index in [-0.39, 0.29) is 11.6 Å². The summed E-state index contributed by atoms with van der Waals surface area (Å²) in [5.41, 5.74) is 3.31. The number of anilines is 1. The van der Waals surface area contributed by atoms with Crippen molar-refractivity contribution in [3.8, 4) is 0 Å². The molecule has 1 heterocycles. The standard InChI is InChI=1S/C21H14FNO/c22-18-12-6-7-13-19(18)23-20(14-15-8-2-1-3-9-15)16-10-4-5-11-17(16)21(23)24/h1-14H. The van der Waals surface area contributed by atoms with E-state index in [0.29, 0.717) is 11.3 Å². The zero-order chi connectivity index (χ0) is 16.5. The summed E-state index contributed by atoms with van der Waals surface area (Å²) in [6.07, 6.45) is 1.91. The molecule has 0 aliphatic carbocycles. The molecule has 3 heteroatoms. The van der Waals surface area contributed by atoms with Crippen LogP contribution in [-0.2, 0) is 0 Å². The Morgan fingerprint density at radius 2 is 1.38 bits per heavy atom. The smallest absolute Gasteiger partial charge is 0.263 e. The van der Waals surface area contributed by atoms with Crippen molar-refractivity contribution < 1.29 is 9.18 Å². The predicted octanol–water partition coefficient (Wildman–Crippen LogP) is 4.98. The van der Waals surface area contributed by atoms with Crippen LogP contribution >= 0.6 is 0 Å². The van der Waals surface area contributed by atoms with E-state index in [9.17, 15) is 9.18 Å². The molecule has 1 amide bonds. The molecule has 0 aromatic heterocycles. The Labute approximate surface area is 139 Å². The summed E-state index contributed by atoms with van der Waals surface area (Å²) in [5, 5.41) is 0. The fourth-order valence-corrected chi connectivity index (χ4v) is 2.96. The number of carbonyl (C=O) groups excluding carboxylic acids is 1. The fourth-order valence-electron chi connectivity index (χ4n) is 2.96.